The molecule has 8 nitrogen and oxygen atoms in total. The van der Waals surface area contributed by atoms with Gasteiger partial charge in [-0.05, 0) is 18.4 Å². The molecule has 1 saturated heterocycles. The standard InChI is InChI=1S/C15H22N4O4/c1-9(2)7-10-8-11(18-14(16)17-10)12(20)19-15(13(21)22)3-5-23-6-4-15/h8-9H,3-7H2,1-2H3,(H,19,20)(H,21,22)(H2,16,17,18). The summed E-state index contributed by atoms with van der Waals surface area (Å²) in [5, 5.41) is 12.1. The Hall–Kier alpha value is -2.22. The van der Waals surface area contributed by atoms with Gasteiger partial charge in [0.1, 0.15) is 11.2 Å². The number of carboxylic acid groups (broad SMARTS) is 1. The van der Waals surface area contributed by atoms with Crippen molar-refractivity contribution in [3.63, 3.8) is 0 Å². The molecule has 0 aromatic carbocycles. The van der Waals surface area contributed by atoms with Crippen LogP contribution in [0.4, 0.5) is 5.95 Å². The number of anilines is 1. The van der Waals surface area contributed by atoms with E-state index in [9.17, 15) is 14.7 Å². The first-order chi connectivity index (χ1) is 10.8. The van der Waals surface area contributed by atoms with Gasteiger partial charge < -0.3 is 20.9 Å². The van der Waals surface area contributed by atoms with Gasteiger partial charge in [-0.3, -0.25) is 4.79 Å². The maximum atomic E-state index is 12.5. The van der Waals surface area contributed by atoms with Crippen LogP contribution in [0.3, 0.4) is 0 Å². The highest BCUT2D eigenvalue weighted by Crippen LogP contribution is 2.22. The third kappa shape index (κ3) is 4.16. The normalized spacial score (nSPS) is 17.0. The lowest BCUT2D eigenvalue weighted by atomic mass is 9.90. The fraction of sp³-hybridized carbons (Fsp3) is 0.600. The van der Waals surface area contributed by atoms with Crippen molar-refractivity contribution >= 4 is 17.8 Å². The highest BCUT2D eigenvalue weighted by molar-refractivity contribution is 5.96. The largest absolute Gasteiger partial charge is 0.480 e. The van der Waals surface area contributed by atoms with E-state index < -0.39 is 17.4 Å². The van der Waals surface area contributed by atoms with Crippen LogP contribution >= 0.6 is 0 Å². The minimum Gasteiger partial charge on any atom is -0.480 e. The van der Waals surface area contributed by atoms with Crippen molar-refractivity contribution in [3.8, 4) is 0 Å². The van der Waals surface area contributed by atoms with E-state index >= 15 is 0 Å². The van der Waals surface area contributed by atoms with E-state index in [0.29, 0.717) is 18.0 Å². The number of hydrogen-bond acceptors (Lipinski definition) is 6. The van der Waals surface area contributed by atoms with Gasteiger partial charge >= 0.3 is 5.97 Å². The number of carbonyl (C=O) groups excluding carboxylic acids is 1. The lowest BCUT2D eigenvalue weighted by Gasteiger charge is -2.33. The Kier molecular flexibility index (Phi) is 5.15. The number of aliphatic carboxylic acids is 1. The summed E-state index contributed by atoms with van der Waals surface area (Å²) < 4.78 is 5.18. The number of nitrogens with zero attached hydrogens (tertiary/aromatic N) is 2. The van der Waals surface area contributed by atoms with E-state index in [-0.39, 0.29) is 37.7 Å². The van der Waals surface area contributed by atoms with Gasteiger partial charge in [0.25, 0.3) is 5.91 Å². The van der Waals surface area contributed by atoms with Gasteiger partial charge in [0.15, 0.2) is 0 Å². The molecule has 1 aromatic rings. The topological polar surface area (TPSA) is 127 Å². The molecule has 0 unspecified atom stereocenters. The summed E-state index contributed by atoms with van der Waals surface area (Å²) >= 11 is 0. The molecule has 0 bridgehead atoms. The van der Waals surface area contributed by atoms with Crippen LogP contribution < -0.4 is 11.1 Å². The molecule has 1 aliphatic heterocycles. The van der Waals surface area contributed by atoms with Gasteiger partial charge in [0.05, 0.1) is 0 Å². The summed E-state index contributed by atoms with van der Waals surface area (Å²) in [6.07, 6.45) is 1.09. The van der Waals surface area contributed by atoms with Crippen LogP contribution in [0.1, 0.15) is 42.9 Å². The van der Waals surface area contributed by atoms with Crippen LogP contribution in [-0.4, -0.2) is 45.7 Å². The molecule has 8 heteroatoms. The van der Waals surface area contributed by atoms with Gasteiger partial charge in [0.2, 0.25) is 5.95 Å². The van der Waals surface area contributed by atoms with Crippen LogP contribution in [0.5, 0.6) is 0 Å². The predicted molar refractivity (Wildman–Crippen MR) is 82.9 cm³/mol. The smallest absolute Gasteiger partial charge is 0.329 e. The molecule has 2 rings (SSSR count). The van der Waals surface area contributed by atoms with E-state index in [2.05, 4.69) is 15.3 Å². The first-order valence-electron chi connectivity index (χ1n) is 7.59. The average molecular weight is 322 g/mol. The van der Waals surface area contributed by atoms with E-state index in [1.807, 2.05) is 13.8 Å². The molecular formula is C15H22N4O4. The van der Waals surface area contributed by atoms with Crippen molar-refractivity contribution in [2.24, 2.45) is 5.92 Å². The van der Waals surface area contributed by atoms with E-state index in [1.54, 1.807) is 6.07 Å². The molecule has 126 valence electrons. The number of amides is 1. The number of nitrogens with two attached hydrogens (primary N) is 1. The van der Waals surface area contributed by atoms with Crippen LogP contribution in [0.2, 0.25) is 0 Å². The summed E-state index contributed by atoms with van der Waals surface area (Å²) in [5.41, 5.74) is 5.08. The van der Waals surface area contributed by atoms with E-state index in [1.165, 1.54) is 0 Å². The molecular weight excluding hydrogens is 300 g/mol. The number of carboxylic acids is 1. The minimum absolute atomic E-state index is 0.00431. The van der Waals surface area contributed by atoms with Crippen LogP contribution in [0.15, 0.2) is 6.07 Å². The summed E-state index contributed by atoms with van der Waals surface area (Å²) in [6, 6.07) is 1.56. The average Bonchev–Trinajstić information content (AvgIpc) is 2.46. The Morgan fingerprint density at radius 3 is 2.61 bits per heavy atom. The SMILES string of the molecule is CC(C)Cc1cc(C(=O)NC2(C(=O)O)CCOCC2)nc(N)n1. The van der Waals surface area contributed by atoms with Gasteiger partial charge in [-0.25, -0.2) is 14.8 Å². The van der Waals surface area contributed by atoms with Gasteiger partial charge in [-0.15, -0.1) is 0 Å². The summed E-state index contributed by atoms with van der Waals surface area (Å²) in [6.45, 7) is 4.63. The molecule has 1 aliphatic rings. The first kappa shape index (κ1) is 17.1. The third-order valence-electron chi connectivity index (χ3n) is 3.76. The molecule has 0 radical (unpaired) electrons. The zero-order valence-electron chi connectivity index (χ0n) is 13.3. The predicted octanol–water partition coefficient (Wildman–Crippen LogP) is 0.621. The first-order valence-corrected chi connectivity index (χ1v) is 7.59. The Morgan fingerprint density at radius 1 is 1.39 bits per heavy atom. The molecule has 0 spiro atoms. The second kappa shape index (κ2) is 6.91. The Bertz CT molecular complexity index is 597. The van der Waals surface area contributed by atoms with Crippen molar-refractivity contribution in [1.82, 2.24) is 15.3 Å². The Labute approximate surface area is 134 Å². The van der Waals surface area contributed by atoms with Crippen molar-refractivity contribution in [1.29, 1.82) is 0 Å². The zero-order chi connectivity index (χ0) is 17.0. The van der Waals surface area contributed by atoms with Crippen molar-refractivity contribution in [3.05, 3.63) is 17.5 Å². The monoisotopic (exact) mass is 322 g/mol. The lowest BCUT2D eigenvalue weighted by Crippen LogP contribution is -2.57. The van der Waals surface area contributed by atoms with Crippen molar-refractivity contribution in [2.75, 3.05) is 18.9 Å². The number of nitrogens with one attached hydrogen (secondary N) is 1. The third-order valence-corrected chi connectivity index (χ3v) is 3.76. The number of carbonyl (C=O) groups is 2. The minimum atomic E-state index is -1.33. The molecule has 1 aromatic heterocycles. The number of aromatic nitrogens is 2. The second-order valence-electron chi connectivity index (χ2n) is 6.15. The molecule has 1 fully saturated rings. The highest BCUT2D eigenvalue weighted by Gasteiger charge is 2.42. The summed E-state index contributed by atoms with van der Waals surface area (Å²) in [7, 11) is 0. The molecule has 2 heterocycles. The summed E-state index contributed by atoms with van der Waals surface area (Å²) in [5.74, 6) is -1.28. The fourth-order valence-corrected chi connectivity index (χ4v) is 2.55. The number of ether oxygens (including phenoxy) is 1. The molecule has 23 heavy (non-hydrogen) atoms. The fourth-order valence-electron chi connectivity index (χ4n) is 2.55. The van der Waals surface area contributed by atoms with Gasteiger partial charge in [0, 0.05) is 31.7 Å². The van der Waals surface area contributed by atoms with Crippen molar-refractivity contribution < 1.29 is 19.4 Å². The van der Waals surface area contributed by atoms with E-state index in [4.69, 9.17) is 10.5 Å². The Morgan fingerprint density at radius 2 is 2.04 bits per heavy atom. The maximum Gasteiger partial charge on any atom is 0.329 e. The van der Waals surface area contributed by atoms with Gasteiger partial charge in [-0.2, -0.15) is 0 Å². The van der Waals surface area contributed by atoms with E-state index in [0.717, 1.165) is 0 Å². The maximum absolute atomic E-state index is 12.5. The van der Waals surface area contributed by atoms with Crippen LogP contribution in [0.25, 0.3) is 0 Å². The zero-order valence-corrected chi connectivity index (χ0v) is 13.3. The highest BCUT2D eigenvalue weighted by atomic mass is 16.5. The van der Waals surface area contributed by atoms with Crippen LogP contribution in [0, 0.1) is 5.92 Å². The van der Waals surface area contributed by atoms with Crippen molar-refractivity contribution in [2.45, 2.75) is 38.6 Å². The van der Waals surface area contributed by atoms with Crippen LogP contribution in [-0.2, 0) is 16.0 Å². The molecule has 0 atom stereocenters. The van der Waals surface area contributed by atoms with Gasteiger partial charge in [-0.1, -0.05) is 13.8 Å². The molecule has 4 N–H and O–H groups in total. The molecule has 1 amide bonds. The quantitative estimate of drug-likeness (QED) is 0.725. The molecule has 0 saturated carbocycles. The number of rotatable bonds is 5. The number of nitrogen functional groups attached to an aromatic ring is 1. The second-order valence-corrected chi connectivity index (χ2v) is 6.15. The lowest BCUT2D eigenvalue weighted by molar-refractivity contribution is -0.148. The Balaban J connectivity index is 2.22. The number of hydrogen-bond donors (Lipinski definition) is 3. The summed E-state index contributed by atoms with van der Waals surface area (Å²) in [4.78, 5) is 32.1. The molecule has 0 aliphatic carbocycles.